The van der Waals surface area contributed by atoms with E-state index in [4.69, 9.17) is 4.74 Å². The quantitative estimate of drug-likeness (QED) is 0.887. The molecule has 4 nitrogen and oxygen atoms in total. The lowest BCUT2D eigenvalue weighted by Crippen LogP contribution is -2.02. The highest BCUT2D eigenvalue weighted by molar-refractivity contribution is 5.41. The number of nitrogens with one attached hydrogen (secondary N) is 1. The largest absolute Gasteiger partial charge is 0.439 e. The van der Waals surface area contributed by atoms with E-state index in [1.807, 2.05) is 32.0 Å². The van der Waals surface area contributed by atoms with Crippen molar-refractivity contribution >= 4 is 5.82 Å². The molecule has 0 atom stereocenters. The van der Waals surface area contributed by atoms with Crippen LogP contribution in [0.4, 0.5) is 5.82 Å². The third kappa shape index (κ3) is 3.68. The second kappa shape index (κ2) is 6.18. The van der Waals surface area contributed by atoms with Gasteiger partial charge in [0.25, 0.3) is 0 Å². The van der Waals surface area contributed by atoms with Crippen LogP contribution in [0.2, 0.25) is 0 Å². The molecule has 1 heterocycles. The molecule has 100 valence electrons. The van der Waals surface area contributed by atoms with Gasteiger partial charge in [0, 0.05) is 12.6 Å². The van der Waals surface area contributed by atoms with Crippen molar-refractivity contribution in [2.75, 3.05) is 11.9 Å². The molecule has 1 N–H and O–H groups in total. The average molecular weight is 257 g/mol. The summed E-state index contributed by atoms with van der Waals surface area (Å²) in [5, 5.41) is 3.22. The fraction of sp³-hybridized carbons (Fsp3) is 0.333. The van der Waals surface area contributed by atoms with Crippen molar-refractivity contribution < 1.29 is 4.74 Å². The maximum Gasteiger partial charge on any atom is 0.224 e. The highest BCUT2D eigenvalue weighted by Gasteiger charge is 2.04. The number of benzene rings is 1. The third-order valence-corrected chi connectivity index (χ3v) is 2.76. The molecule has 0 saturated carbocycles. The summed E-state index contributed by atoms with van der Waals surface area (Å²) in [5.74, 6) is 2.18. The van der Waals surface area contributed by atoms with E-state index >= 15 is 0 Å². The lowest BCUT2D eigenvalue weighted by atomic mass is 10.1. The van der Waals surface area contributed by atoms with E-state index < -0.39 is 0 Å². The summed E-state index contributed by atoms with van der Waals surface area (Å²) in [5.41, 5.74) is 2.26. The van der Waals surface area contributed by atoms with E-state index in [0.717, 1.165) is 30.1 Å². The van der Waals surface area contributed by atoms with Gasteiger partial charge in [-0.15, -0.1) is 0 Å². The molecule has 0 aliphatic heterocycles. The summed E-state index contributed by atoms with van der Waals surface area (Å²) in [6.45, 7) is 7.06. The number of aryl methyl sites for hydroxylation is 2. The summed E-state index contributed by atoms with van der Waals surface area (Å²) >= 11 is 0. The Morgan fingerprint density at radius 3 is 2.79 bits per heavy atom. The van der Waals surface area contributed by atoms with Gasteiger partial charge in [-0.3, -0.25) is 0 Å². The molecule has 1 aromatic carbocycles. The number of rotatable bonds is 5. The lowest BCUT2D eigenvalue weighted by molar-refractivity contribution is 0.458. The molecule has 4 heteroatoms. The third-order valence-electron chi connectivity index (χ3n) is 2.76. The maximum atomic E-state index is 5.82. The number of ether oxygens (including phenoxy) is 1. The molecule has 0 amide bonds. The first-order chi connectivity index (χ1) is 9.19. The Bertz CT molecular complexity index is 555. The van der Waals surface area contributed by atoms with Crippen molar-refractivity contribution in [3.63, 3.8) is 0 Å². The van der Waals surface area contributed by atoms with Crippen molar-refractivity contribution in [3.8, 4) is 11.6 Å². The predicted molar refractivity (Wildman–Crippen MR) is 76.8 cm³/mol. The van der Waals surface area contributed by atoms with Crippen LogP contribution in [0.1, 0.15) is 24.5 Å². The molecule has 0 aliphatic rings. The van der Waals surface area contributed by atoms with Gasteiger partial charge in [-0.25, -0.2) is 9.97 Å². The van der Waals surface area contributed by atoms with Crippen LogP contribution in [0.5, 0.6) is 11.6 Å². The molecular formula is C15H19N3O. The van der Waals surface area contributed by atoms with Crippen LogP contribution in [-0.2, 0) is 0 Å². The molecule has 0 radical (unpaired) electrons. The van der Waals surface area contributed by atoms with E-state index in [0.29, 0.717) is 5.88 Å². The molecule has 2 aromatic rings. The van der Waals surface area contributed by atoms with Crippen molar-refractivity contribution in [2.45, 2.75) is 27.2 Å². The zero-order valence-electron chi connectivity index (χ0n) is 11.6. The number of hydrogen-bond acceptors (Lipinski definition) is 4. The zero-order chi connectivity index (χ0) is 13.7. The molecule has 1 aromatic heterocycles. The predicted octanol–water partition coefficient (Wildman–Crippen LogP) is 3.71. The van der Waals surface area contributed by atoms with E-state index in [1.165, 1.54) is 11.9 Å². The summed E-state index contributed by atoms with van der Waals surface area (Å²) in [6, 6.07) is 7.94. The van der Waals surface area contributed by atoms with E-state index in [9.17, 15) is 0 Å². The lowest BCUT2D eigenvalue weighted by Gasteiger charge is -2.10. The molecule has 0 spiro atoms. The molecule has 0 unspecified atom stereocenters. The van der Waals surface area contributed by atoms with Crippen LogP contribution in [0, 0.1) is 13.8 Å². The summed E-state index contributed by atoms with van der Waals surface area (Å²) < 4.78 is 5.82. The van der Waals surface area contributed by atoms with Crippen molar-refractivity contribution in [3.05, 3.63) is 41.7 Å². The van der Waals surface area contributed by atoms with Crippen molar-refractivity contribution in [1.82, 2.24) is 9.97 Å². The average Bonchev–Trinajstić information content (AvgIpc) is 2.41. The fourth-order valence-electron chi connectivity index (χ4n) is 1.67. The van der Waals surface area contributed by atoms with Crippen LogP contribution in [-0.4, -0.2) is 16.5 Å². The van der Waals surface area contributed by atoms with Gasteiger partial charge < -0.3 is 10.1 Å². The SMILES string of the molecule is CCCNc1cc(Oc2cc(C)ccc2C)ncn1. The second-order valence-corrected chi connectivity index (χ2v) is 4.54. The molecule has 0 aliphatic carbocycles. The van der Waals surface area contributed by atoms with Gasteiger partial charge in [0.15, 0.2) is 0 Å². The smallest absolute Gasteiger partial charge is 0.224 e. The van der Waals surface area contributed by atoms with Crippen LogP contribution < -0.4 is 10.1 Å². The first-order valence-corrected chi connectivity index (χ1v) is 6.50. The number of aromatic nitrogens is 2. The van der Waals surface area contributed by atoms with E-state index in [1.54, 1.807) is 0 Å². The first-order valence-electron chi connectivity index (χ1n) is 6.50. The van der Waals surface area contributed by atoms with Crippen molar-refractivity contribution in [2.24, 2.45) is 0 Å². The maximum absolute atomic E-state index is 5.82. The molecular weight excluding hydrogens is 238 g/mol. The Labute approximate surface area is 113 Å². The monoisotopic (exact) mass is 257 g/mol. The normalized spacial score (nSPS) is 10.3. The minimum atomic E-state index is 0.558. The molecule has 19 heavy (non-hydrogen) atoms. The standard InChI is InChI=1S/C15H19N3O/c1-4-7-16-14-9-15(18-10-17-14)19-13-8-11(2)5-6-12(13)3/h5-6,8-10H,4,7H2,1-3H3,(H,16,17,18). The van der Waals surface area contributed by atoms with Gasteiger partial charge in [0.05, 0.1) is 0 Å². The van der Waals surface area contributed by atoms with E-state index in [2.05, 4.69) is 28.3 Å². The Hall–Kier alpha value is -2.10. The van der Waals surface area contributed by atoms with Crippen LogP contribution >= 0.6 is 0 Å². The van der Waals surface area contributed by atoms with Crippen LogP contribution in [0.3, 0.4) is 0 Å². The second-order valence-electron chi connectivity index (χ2n) is 4.54. The molecule has 2 rings (SSSR count). The summed E-state index contributed by atoms with van der Waals surface area (Å²) in [6.07, 6.45) is 2.57. The Morgan fingerprint density at radius 2 is 2.00 bits per heavy atom. The van der Waals surface area contributed by atoms with Gasteiger partial charge in [-0.2, -0.15) is 0 Å². The number of anilines is 1. The summed E-state index contributed by atoms with van der Waals surface area (Å²) in [4.78, 5) is 8.30. The minimum Gasteiger partial charge on any atom is -0.439 e. The first kappa shape index (κ1) is 13.3. The minimum absolute atomic E-state index is 0.558. The zero-order valence-corrected chi connectivity index (χ0v) is 11.6. The topological polar surface area (TPSA) is 47.0 Å². The van der Waals surface area contributed by atoms with Gasteiger partial charge >= 0.3 is 0 Å². The highest BCUT2D eigenvalue weighted by atomic mass is 16.5. The Kier molecular flexibility index (Phi) is 4.34. The highest BCUT2D eigenvalue weighted by Crippen LogP contribution is 2.25. The van der Waals surface area contributed by atoms with Crippen molar-refractivity contribution in [1.29, 1.82) is 0 Å². The van der Waals surface area contributed by atoms with Gasteiger partial charge in [0.2, 0.25) is 5.88 Å². The van der Waals surface area contributed by atoms with Crippen LogP contribution in [0.15, 0.2) is 30.6 Å². The number of nitrogens with zero attached hydrogens (tertiary/aromatic N) is 2. The van der Waals surface area contributed by atoms with Gasteiger partial charge in [-0.1, -0.05) is 19.1 Å². The molecule has 0 bridgehead atoms. The van der Waals surface area contributed by atoms with Gasteiger partial charge in [-0.05, 0) is 37.5 Å². The molecule has 0 fully saturated rings. The summed E-state index contributed by atoms with van der Waals surface area (Å²) in [7, 11) is 0. The van der Waals surface area contributed by atoms with Crippen LogP contribution in [0.25, 0.3) is 0 Å². The Morgan fingerprint density at radius 1 is 1.16 bits per heavy atom. The fourth-order valence-corrected chi connectivity index (χ4v) is 1.67. The molecule has 0 saturated heterocycles. The van der Waals surface area contributed by atoms with Gasteiger partial charge in [0.1, 0.15) is 17.9 Å². The van der Waals surface area contributed by atoms with E-state index in [-0.39, 0.29) is 0 Å². The number of hydrogen-bond donors (Lipinski definition) is 1. The Balaban J connectivity index is 2.16.